The SMILES string of the molecule is Cc1cccc(N)c1C(=O)N(C)Cc1ccccn1. The maximum Gasteiger partial charge on any atom is 0.256 e. The Hall–Kier alpha value is -2.36. The third kappa shape index (κ3) is 2.91. The predicted octanol–water partition coefficient (Wildman–Crippen LogP) is 2.24. The summed E-state index contributed by atoms with van der Waals surface area (Å²) < 4.78 is 0. The highest BCUT2D eigenvalue weighted by Crippen LogP contribution is 2.18. The Morgan fingerprint density at radius 2 is 2.05 bits per heavy atom. The number of amides is 1. The molecule has 0 fully saturated rings. The van der Waals surface area contributed by atoms with Crippen LogP contribution in [0, 0.1) is 6.92 Å². The molecule has 2 N–H and O–H groups in total. The minimum absolute atomic E-state index is 0.0822. The molecular weight excluding hydrogens is 238 g/mol. The Bertz CT molecular complexity index is 561. The van der Waals surface area contributed by atoms with Gasteiger partial charge in [0.2, 0.25) is 0 Å². The van der Waals surface area contributed by atoms with E-state index in [0.717, 1.165) is 11.3 Å². The van der Waals surface area contributed by atoms with Crippen LogP contribution < -0.4 is 5.73 Å². The standard InChI is InChI=1S/C15H17N3O/c1-11-6-5-8-13(16)14(11)15(19)18(2)10-12-7-3-4-9-17-12/h3-9H,10,16H2,1-2H3. The molecule has 0 aliphatic rings. The molecule has 0 aliphatic carbocycles. The van der Waals surface area contributed by atoms with Gasteiger partial charge in [-0.1, -0.05) is 18.2 Å². The van der Waals surface area contributed by atoms with Crippen molar-refractivity contribution in [1.29, 1.82) is 0 Å². The van der Waals surface area contributed by atoms with Crippen molar-refractivity contribution < 1.29 is 4.79 Å². The first-order valence-corrected chi connectivity index (χ1v) is 6.10. The van der Waals surface area contributed by atoms with Gasteiger partial charge in [-0.25, -0.2) is 0 Å². The van der Waals surface area contributed by atoms with Crippen LogP contribution in [0.15, 0.2) is 42.6 Å². The number of nitrogens with zero attached hydrogens (tertiary/aromatic N) is 2. The molecule has 4 heteroatoms. The van der Waals surface area contributed by atoms with E-state index in [4.69, 9.17) is 5.73 Å². The number of aromatic nitrogens is 1. The van der Waals surface area contributed by atoms with E-state index >= 15 is 0 Å². The van der Waals surface area contributed by atoms with Crippen LogP contribution in [0.4, 0.5) is 5.69 Å². The average Bonchev–Trinajstić information content (AvgIpc) is 2.39. The zero-order valence-electron chi connectivity index (χ0n) is 11.1. The number of nitrogen functional groups attached to an aromatic ring is 1. The lowest BCUT2D eigenvalue weighted by atomic mass is 10.1. The second kappa shape index (κ2) is 5.52. The van der Waals surface area contributed by atoms with Gasteiger partial charge in [-0.2, -0.15) is 0 Å². The van der Waals surface area contributed by atoms with Crippen molar-refractivity contribution >= 4 is 11.6 Å². The minimum atomic E-state index is -0.0822. The van der Waals surface area contributed by atoms with Crippen LogP contribution in [0.25, 0.3) is 0 Å². The fraction of sp³-hybridized carbons (Fsp3) is 0.200. The average molecular weight is 255 g/mol. The molecule has 1 amide bonds. The molecule has 0 radical (unpaired) electrons. The number of benzene rings is 1. The van der Waals surface area contributed by atoms with Gasteiger partial charge in [0.25, 0.3) is 5.91 Å². The van der Waals surface area contributed by atoms with Crippen LogP contribution in [0.2, 0.25) is 0 Å². The second-order valence-electron chi connectivity index (χ2n) is 4.52. The van der Waals surface area contributed by atoms with Crippen LogP contribution in [0.3, 0.4) is 0 Å². The zero-order valence-corrected chi connectivity index (χ0v) is 11.1. The second-order valence-corrected chi connectivity index (χ2v) is 4.52. The summed E-state index contributed by atoms with van der Waals surface area (Å²) in [7, 11) is 1.75. The van der Waals surface area contributed by atoms with Crippen molar-refractivity contribution in [3.8, 4) is 0 Å². The molecule has 0 atom stereocenters. The predicted molar refractivity (Wildman–Crippen MR) is 75.6 cm³/mol. The molecule has 0 unspecified atom stereocenters. The molecule has 0 saturated carbocycles. The van der Waals surface area contributed by atoms with Crippen molar-refractivity contribution in [3.05, 3.63) is 59.4 Å². The van der Waals surface area contributed by atoms with Gasteiger partial charge in [-0.05, 0) is 30.7 Å². The highest BCUT2D eigenvalue weighted by molar-refractivity contribution is 6.00. The first kappa shape index (κ1) is 13.1. The number of hydrogen-bond donors (Lipinski definition) is 1. The van der Waals surface area contributed by atoms with Crippen molar-refractivity contribution in [2.75, 3.05) is 12.8 Å². The van der Waals surface area contributed by atoms with Crippen LogP contribution in [0.1, 0.15) is 21.6 Å². The molecule has 1 heterocycles. The van der Waals surface area contributed by atoms with Crippen LogP contribution >= 0.6 is 0 Å². The molecule has 0 bridgehead atoms. The van der Waals surface area contributed by atoms with E-state index < -0.39 is 0 Å². The lowest BCUT2D eigenvalue weighted by Crippen LogP contribution is -2.28. The highest BCUT2D eigenvalue weighted by atomic mass is 16.2. The third-order valence-corrected chi connectivity index (χ3v) is 2.99. The van der Waals surface area contributed by atoms with Crippen molar-refractivity contribution in [1.82, 2.24) is 9.88 Å². The number of rotatable bonds is 3. The number of hydrogen-bond acceptors (Lipinski definition) is 3. The minimum Gasteiger partial charge on any atom is -0.398 e. The Morgan fingerprint density at radius 3 is 2.68 bits per heavy atom. The molecule has 19 heavy (non-hydrogen) atoms. The first-order valence-electron chi connectivity index (χ1n) is 6.10. The molecule has 2 aromatic rings. The van der Waals surface area contributed by atoms with E-state index in [2.05, 4.69) is 4.98 Å². The summed E-state index contributed by atoms with van der Waals surface area (Å²) >= 11 is 0. The molecule has 0 spiro atoms. The Kier molecular flexibility index (Phi) is 3.80. The quantitative estimate of drug-likeness (QED) is 0.856. The normalized spacial score (nSPS) is 10.2. The van der Waals surface area contributed by atoms with Gasteiger partial charge in [0.1, 0.15) is 0 Å². The lowest BCUT2D eigenvalue weighted by Gasteiger charge is -2.19. The summed E-state index contributed by atoms with van der Waals surface area (Å²) in [5.74, 6) is -0.0822. The number of aryl methyl sites for hydroxylation is 1. The Labute approximate surface area is 112 Å². The van der Waals surface area contributed by atoms with Crippen LogP contribution in [0.5, 0.6) is 0 Å². The van der Waals surface area contributed by atoms with Crippen molar-refractivity contribution in [2.24, 2.45) is 0 Å². The molecule has 0 aliphatic heterocycles. The lowest BCUT2D eigenvalue weighted by molar-refractivity contribution is 0.0784. The van der Waals surface area contributed by atoms with Gasteiger partial charge >= 0.3 is 0 Å². The smallest absolute Gasteiger partial charge is 0.256 e. The Balaban J connectivity index is 2.20. The van der Waals surface area contributed by atoms with Gasteiger partial charge in [0.15, 0.2) is 0 Å². The summed E-state index contributed by atoms with van der Waals surface area (Å²) in [4.78, 5) is 18.2. The molecule has 1 aromatic heterocycles. The molecule has 4 nitrogen and oxygen atoms in total. The molecular formula is C15H17N3O. The summed E-state index contributed by atoms with van der Waals surface area (Å²) in [5.41, 5.74) is 8.71. The summed E-state index contributed by atoms with van der Waals surface area (Å²) in [5, 5.41) is 0. The van der Waals surface area contributed by atoms with Gasteiger partial charge in [0, 0.05) is 18.9 Å². The summed E-state index contributed by atoms with van der Waals surface area (Å²) in [6.07, 6.45) is 1.72. The number of carbonyl (C=O) groups excluding carboxylic acids is 1. The molecule has 2 rings (SSSR count). The zero-order chi connectivity index (χ0) is 13.8. The largest absolute Gasteiger partial charge is 0.398 e. The molecule has 98 valence electrons. The monoisotopic (exact) mass is 255 g/mol. The number of nitrogens with two attached hydrogens (primary N) is 1. The maximum atomic E-state index is 12.4. The van der Waals surface area contributed by atoms with Crippen LogP contribution in [-0.2, 0) is 6.54 Å². The van der Waals surface area contributed by atoms with Crippen molar-refractivity contribution in [2.45, 2.75) is 13.5 Å². The van der Waals surface area contributed by atoms with Crippen LogP contribution in [-0.4, -0.2) is 22.8 Å². The van der Waals surface area contributed by atoms with E-state index in [0.29, 0.717) is 17.8 Å². The van der Waals surface area contributed by atoms with Crippen molar-refractivity contribution in [3.63, 3.8) is 0 Å². The number of pyridine rings is 1. The number of carbonyl (C=O) groups is 1. The fourth-order valence-corrected chi connectivity index (χ4v) is 1.98. The first-order chi connectivity index (χ1) is 9.09. The Morgan fingerprint density at radius 1 is 1.26 bits per heavy atom. The van der Waals surface area contributed by atoms with Gasteiger partial charge < -0.3 is 10.6 Å². The number of anilines is 1. The highest BCUT2D eigenvalue weighted by Gasteiger charge is 2.17. The van der Waals surface area contributed by atoms with E-state index in [9.17, 15) is 4.79 Å². The summed E-state index contributed by atoms with van der Waals surface area (Å²) in [6, 6.07) is 11.1. The van der Waals surface area contributed by atoms with Gasteiger partial charge in [-0.15, -0.1) is 0 Å². The van der Waals surface area contributed by atoms with E-state index in [1.54, 1.807) is 24.2 Å². The van der Waals surface area contributed by atoms with Gasteiger partial charge in [0.05, 0.1) is 17.8 Å². The fourth-order valence-electron chi connectivity index (χ4n) is 1.98. The topological polar surface area (TPSA) is 59.2 Å². The maximum absolute atomic E-state index is 12.4. The summed E-state index contributed by atoms with van der Waals surface area (Å²) in [6.45, 7) is 2.35. The molecule has 1 aromatic carbocycles. The van der Waals surface area contributed by atoms with E-state index in [1.807, 2.05) is 37.3 Å². The molecule has 0 saturated heterocycles. The van der Waals surface area contributed by atoms with Gasteiger partial charge in [-0.3, -0.25) is 9.78 Å². The van der Waals surface area contributed by atoms with E-state index in [1.165, 1.54) is 0 Å². The third-order valence-electron chi connectivity index (χ3n) is 2.99. The van der Waals surface area contributed by atoms with E-state index in [-0.39, 0.29) is 5.91 Å².